The number of anilines is 2. The van der Waals surface area contributed by atoms with E-state index in [0.717, 1.165) is 25.9 Å². The number of aromatic nitrogens is 2. The van der Waals surface area contributed by atoms with Crippen molar-refractivity contribution in [1.82, 2.24) is 14.7 Å². The van der Waals surface area contributed by atoms with Gasteiger partial charge in [-0.1, -0.05) is 12.1 Å². The predicted octanol–water partition coefficient (Wildman–Crippen LogP) is 4.47. The van der Waals surface area contributed by atoms with E-state index >= 15 is 0 Å². The highest BCUT2D eigenvalue weighted by Crippen LogP contribution is 2.30. The van der Waals surface area contributed by atoms with Gasteiger partial charge in [-0.25, -0.2) is 8.78 Å². The fourth-order valence-corrected chi connectivity index (χ4v) is 4.99. The number of carbonyl (C=O) groups is 2. The number of ether oxygens (including phenoxy) is 1. The molecular formula is C28H28F2N6O3. The summed E-state index contributed by atoms with van der Waals surface area (Å²) in [5.41, 5.74) is 1.17. The summed E-state index contributed by atoms with van der Waals surface area (Å²) in [6.45, 7) is 3.99. The summed E-state index contributed by atoms with van der Waals surface area (Å²) < 4.78 is 33.5. The third-order valence-electron chi connectivity index (χ3n) is 7.12. The van der Waals surface area contributed by atoms with E-state index in [1.807, 2.05) is 6.92 Å². The SMILES string of the molecule is CC1Cn2ncc(C(=O)Nc3ccc(OC4CCN(C)CC4)c(C#N)c3)c2C(=O)N1c1ccc(C(F)F)cc1. The molecule has 202 valence electrons. The van der Waals surface area contributed by atoms with Gasteiger partial charge in [0.15, 0.2) is 0 Å². The molecule has 39 heavy (non-hydrogen) atoms. The second kappa shape index (κ2) is 10.8. The van der Waals surface area contributed by atoms with Gasteiger partial charge in [-0.2, -0.15) is 10.4 Å². The van der Waals surface area contributed by atoms with Crippen LogP contribution in [0.5, 0.6) is 5.75 Å². The maximum atomic E-state index is 13.5. The lowest BCUT2D eigenvalue weighted by molar-refractivity contribution is 0.0933. The molecule has 3 heterocycles. The first-order valence-corrected chi connectivity index (χ1v) is 12.7. The molecule has 0 spiro atoms. The van der Waals surface area contributed by atoms with Crippen molar-refractivity contribution < 1.29 is 23.1 Å². The summed E-state index contributed by atoms with van der Waals surface area (Å²) in [4.78, 5) is 30.5. The van der Waals surface area contributed by atoms with Crippen LogP contribution in [0.25, 0.3) is 0 Å². The van der Waals surface area contributed by atoms with Gasteiger partial charge in [0.1, 0.15) is 23.6 Å². The van der Waals surface area contributed by atoms with Crippen molar-refractivity contribution in [2.24, 2.45) is 0 Å². The number of hydrogen-bond acceptors (Lipinski definition) is 6. The van der Waals surface area contributed by atoms with E-state index < -0.39 is 18.2 Å². The lowest BCUT2D eigenvalue weighted by atomic mass is 10.1. The fourth-order valence-electron chi connectivity index (χ4n) is 4.99. The van der Waals surface area contributed by atoms with E-state index in [2.05, 4.69) is 28.4 Å². The Bertz CT molecular complexity index is 1420. The molecule has 0 saturated carbocycles. The first kappa shape index (κ1) is 26.3. The largest absolute Gasteiger partial charge is 0.489 e. The molecule has 1 atom stereocenters. The van der Waals surface area contributed by atoms with Gasteiger partial charge in [0, 0.05) is 30.0 Å². The van der Waals surface area contributed by atoms with Crippen molar-refractivity contribution in [3.63, 3.8) is 0 Å². The van der Waals surface area contributed by atoms with Crippen LogP contribution >= 0.6 is 0 Å². The van der Waals surface area contributed by atoms with Gasteiger partial charge in [0.05, 0.1) is 29.9 Å². The Balaban J connectivity index is 1.34. The number of fused-ring (bicyclic) bond motifs is 1. The Hall–Kier alpha value is -4.30. The van der Waals surface area contributed by atoms with Crippen molar-refractivity contribution >= 4 is 23.2 Å². The molecule has 1 saturated heterocycles. The number of carbonyl (C=O) groups excluding carboxylic acids is 2. The quantitative estimate of drug-likeness (QED) is 0.501. The molecule has 0 radical (unpaired) electrons. The van der Waals surface area contributed by atoms with Gasteiger partial charge >= 0.3 is 0 Å². The molecule has 0 bridgehead atoms. The summed E-state index contributed by atoms with van der Waals surface area (Å²) in [7, 11) is 2.06. The van der Waals surface area contributed by atoms with Gasteiger partial charge in [-0.05, 0) is 57.1 Å². The molecule has 2 aliphatic heterocycles. The molecular weight excluding hydrogens is 506 g/mol. The number of nitrogens with one attached hydrogen (secondary N) is 1. The van der Waals surface area contributed by atoms with Crippen LogP contribution in [0.2, 0.25) is 0 Å². The zero-order valence-corrected chi connectivity index (χ0v) is 21.6. The number of piperidine rings is 1. The van der Waals surface area contributed by atoms with E-state index in [1.54, 1.807) is 18.2 Å². The van der Waals surface area contributed by atoms with Crippen molar-refractivity contribution in [3.05, 3.63) is 71.0 Å². The van der Waals surface area contributed by atoms with Gasteiger partial charge in [-0.15, -0.1) is 0 Å². The molecule has 1 fully saturated rings. The molecule has 2 amide bonds. The Morgan fingerprint density at radius 2 is 1.90 bits per heavy atom. The fraction of sp³-hybridized carbons (Fsp3) is 0.357. The van der Waals surface area contributed by atoms with E-state index in [-0.39, 0.29) is 29.0 Å². The second-order valence-corrected chi connectivity index (χ2v) is 9.90. The molecule has 0 aliphatic carbocycles. The standard InChI is InChI=1S/C28H28F2N6O3/c1-17-16-35-25(28(38)36(17)21-6-3-18(4-7-21)26(29)30)23(15-32-35)27(37)33-20-5-8-24(19(13-20)14-31)39-22-9-11-34(2)12-10-22/h3-8,13,15,17,22,26H,9-12,16H2,1-2H3,(H,33,37). The van der Waals surface area contributed by atoms with Gasteiger partial charge in [0.25, 0.3) is 18.2 Å². The number of likely N-dealkylation sites (tertiary alicyclic amines) is 1. The van der Waals surface area contributed by atoms with Gasteiger partial charge in [-0.3, -0.25) is 14.3 Å². The molecule has 1 N–H and O–H groups in total. The summed E-state index contributed by atoms with van der Waals surface area (Å²) >= 11 is 0. The molecule has 2 aromatic carbocycles. The molecule has 5 rings (SSSR count). The minimum atomic E-state index is -2.61. The maximum absolute atomic E-state index is 13.5. The highest BCUT2D eigenvalue weighted by atomic mass is 19.3. The van der Waals surface area contributed by atoms with Crippen LogP contribution in [0, 0.1) is 11.3 Å². The molecule has 3 aromatic rings. The Labute approximate surface area is 224 Å². The van der Waals surface area contributed by atoms with Crippen LogP contribution in [0.15, 0.2) is 48.7 Å². The third-order valence-corrected chi connectivity index (χ3v) is 7.12. The maximum Gasteiger partial charge on any atom is 0.277 e. The number of alkyl halides is 2. The molecule has 11 heteroatoms. The Morgan fingerprint density at radius 3 is 2.56 bits per heavy atom. The van der Waals surface area contributed by atoms with Crippen LogP contribution < -0.4 is 15.0 Å². The number of benzene rings is 2. The number of halogens is 2. The first-order valence-electron chi connectivity index (χ1n) is 12.7. The van der Waals surface area contributed by atoms with Crippen molar-refractivity contribution in [2.45, 2.75) is 44.9 Å². The van der Waals surface area contributed by atoms with E-state index in [1.165, 1.54) is 40.0 Å². The second-order valence-electron chi connectivity index (χ2n) is 9.90. The van der Waals surface area contributed by atoms with E-state index in [9.17, 15) is 23.6 Å². The number of hydrogen-bond donors (Lipinski definition) is 1. The summed E-state index contributed by atoms with van der Waals surface area (Å²) in [5, 5.41) is 16.7. The average Bonchev–Trinajstić information content (AvgIpc) is 3.35. The normalized spacial score (nSPS) is 18.1. The van der Waals surface area contributed by atoms with Crippen molar-refractivity contribution in [3.8, 4) is 11.8 Å². The lowest BCUT2D eigenvalue weighted by Gasteiger charge is -2.34. The number of rotatable bonds is 6. The van der Waals surface area contributed by atoms with Crippen LogP contribution in [0.3, 0.4) is 0 Å². The highest BCUT2D eigenvalue weighted by Gasteiger charge is 2.36. The minimum absolute atomic E-state index is 0.0237. The summed E-state index contributed by atoms with van der Waals surface area (Å²) in [6, 6.07) is 12.2. The molecule has 2 aliphatic rings. The zero-order chi connectivity index (χ0) is 27.7. The Kier molecular flexibility index (Phi) is 7.30. The molecule has 1 unspecified atom stereocenters. The van der Waals surface area contributed by atoms with Crippen LogP contribution in [0.1, 0.15) is 58.2 Å². The number of nitrogens with zero attached hydrogens (tertiary/aromatic N) is 5. The van der Waals surface area contributed by atoms with Crippen molar-refractivity contribution in [2.75, 3.05) is 30.4 Å². The van der Waals surface area contributed by atoms with Crippen LogP contribution in [-0.2, 0) is 6.54 Å². The average molecular weight is 535 g/mol. The van der Waals surface area contributed by atoms with Crippen LogP contribution in [0.4, 0.5) is 20.2 Å². The van der Waals surface area contributed by atoms with Gasteiger partial charge < -0.3 is 19.9 Å². The highest BCUT2D eigenvalue weighted by molar-refractivity contribution is 6.15. The van der Waals surface area contributed by atoms with E-state index in [0.29, 0.717) is 29.2 Å². The van der Waals surface area contributed by atoms with E-state index in [4.69, 9.17) is 4.74 Å². The minimum Gasteiger partial charge on any atom is -0.489 e. The Morgan fingerprint density at radius 1 is 1.18 bits per heavy atom. The lowest BCUT2D eigenvalue weighted by Crippen LogP contribution is -2.47. The van der Waals surface area contributed by atoms with Gasteiger partial charge in [0.2, 0.25) is 0 Å². The molecule has 9 nitrogen and oxygen atoms in total. The number of amides is 2. The summed E-state index contributed by atoms with van der Waals surface area (Å²) in [6.07, 6.45) is 0.484. The summed E-state index contributed by atoms with van der Waals surface area (Å²) in [5.74, 6) is -0.550. The topological polar surface area (TPSA) is 103 Å². The predicted molar refractivity (Wildman–Crippen MR) is 140 cm³/mol. The smallest absolute Gasteiger partial charge is 0.277 e. The molecule has 1 aromatic heterocycles. The monoisotopic (exact) mass is 534 g/mol. The number of nitriles is 1. The zero-order valence-electron chi connectivity index (χ0n) is 21.6. The third kappa shape index (κ3) is 5.33. The van der Waals surface area contributed by atoms with Crippen LogP contribution in [-0.4, -0.2) is 58.8 Å². The first-order chi connectivity index (χ1) is 18.7. The van der Waals surface area contributed by atoms with Crippen molar-refractivity contribution in [1.29, 1.82) is 5.26 Å².